The van der Waals surface area contributed by atoms with Crippen molar-refractivity contribution in [1.82, 2.24) is 0 Å². The number of phenolic OH excluding ortho intramolecular Hbond substituents is 1. The molecule has 0 heterocycles. The van der Waals surface area contributed by atoms with Crippen LogP contribution in [0.25, 0.3) is 0 Å². The molecule has 0 aliphatic carbocycles. The number of benzene rings is 2. The monoisotopic (exact) mass is 304 g/mol. The number of hydrogen-bond acceptors (Lipinski definition) is 5. The maximum Gasteiger partial charge on any atom is 0.342 e. The van der Waals surface area contributed by atoms with Gasteiger partial charge in [-0.3, -0.25) is 0 Å². The average Bonchev–Trinajstić information content (AvgIpc) is 2.52. The summed E-state index contributed by atoms with van der Waals surface area (Å²) < 4.78 is 10.2. The van der Waals surface area contributed by atoms with Crippen molar-refractivity contribution in [1.29, 1.82) is 0 Å². The van der Waals surface area contributed by atoms with Crippen molar-refractivity contribution in [2.45, 2.75) is 11.5 Å². The molecule has 21 heavy (non-hydrogen) atoms. The molecule has 0 saturated heterocycles. The summed E-state index contributed by atoms with van der Waals surface area (Å²) in [5, 5.41) is 9.77. The molecule has 5 heteroatoms. The lowest BCUT2D eigenvalue weighted by atomic mass is 10.2. The highest BCUT2D eigenvalue weighted by molar-refractivity contribution is 7.98. The van der Waals surface area contributed by atoms with E-state index in [1.54, 1.807) is 17.8 Å². The number of methoxy groups -OCH3 is 1. The Balaban J connectivity index is 2.00. The van der Waals surface area contributed by atoms with Crippen LogP contribution >= 0.6 is 11.8 Å². The molecule has 2 aromatic rings. The van der Waals surface area contributed by atoms with Crippen LogP contribution in [0.15, 0.2) is 47.4 Å². The van der Waals surface area contributed by atoms with Crippen molar-refractivity contribution in [2.24, 2.45) is 0 Å². The van der Waals surface area contributed by atoms with Crippen molar-refractivity contribution in [3.8, 4) is 11.5 Å². The van der Waals surface area contributed by atoms with E-state index >= 15 is 0 Å². The number of thioether (sulfide) groups is 1. The van der Waals surface area contributed by atoms with Crippen LogP contribution in [0.2, 0.25) is 0 Å². The van der Waals surface area contributed by atoms with E-state index in [4.69, 9.17) is 9.47 Å². The Morgan fingerprint density at radius 3 is 2.48 bits per heavy atom. The minimum Gasteiger partial charge on any atom is -0.507 e. The van der Waals surface area contributed by atoms with Gasteiger partial charge in [0, 0.05) is 11.0 Å². The van der Waals surface area contributed by atoms with Gasteiger partial charge in [-0.15, -0.1) is 11.8 Å². The van der Waals surface area contributed by atoms with Crippen LogP contribution in [-0.2, 0) is 11.3 Å². The van der Waals surface area contributed by atoms with Gasteiger partial charge < -0.3 is 14.6 Å². The molecule has 0 amide bonds. The van der Waals surface area contributed by atoms with Gasteiger partial charge in [0.25, 0.3) is 0 Å². The summed E-state index contributed by atoms with van der Waals surface area (Å²) >= 11 is 1.65. The van der Waals surface area contributed by atoms with E-state index in [2.05, 4.69) is 0 Å². The number of esters is 1. The molecular formula is C16H16O4S. The highest BCUT2D eigenvalue weighted by Gasteiger charge is 2.13. The molecule has 0 unspecified atom stereocenters. The van der Waals surface area contributed by atoms with Crippen molar-refractivity contribution in [3.63, 3.8) is 0 Å². The third kappa shape index (κ3) is 3.92. The molecule has 0 radical (unpaired) electrons. The Bertz CT molecular complexity index is 623. The molecule has 4 nitrogen and oxygen atoms in total. The number of aromatic hydroxyl groups is 1. The smallest absolute Gasteiger partial charge is 0.342 e. The van der Waals surface area contributed by atoms with Gasteiger partial charge in [-0.2, -0.15) is 0 Å². The summed E-state index contributed by atoms with van der Waals surface area (Å²) in [6.45, 7) is 0.166. The van der Waals surface area contributed by atoms with E-state index in [-0.39, 0.29) is 17.9 Å². The van der Waals surface area contributed by atoms with Crippen molar-refractivity contribution >= 4 is 17.7 Å². The fourth-order valence-corrected chi connectivity index (χ4v) is 2.17. The van der Waals surface area contributed by atoms with Gasteiger partial charge in [-0.05, 0) is 36.1 Å². The maximum absolute atomic E-state index is 11.9. The standard InChI is InChI=1S/C16H16O4S/c1-19-12-5-8-14(15(17)9-12)16(18)20-10-11-3-6-13(21-2)7-4-11/h3-9,17H,10H2,1-2H3. The Morgan fingerprint density at radius 2 is 1.90 bits per heavy atom. The third-order valence-corrected chi connectivity index (χ3v) is 3.70. The zero-order valence-corrected chi connectivity index (χ0v) is 12.6. The van der Waals surface area contributed by atoms with E-state index < -0.39 is 5.97 Å². The van der Waals surface area contributed by atoms with Gasteiger partial charge in [0.05, 0.1) is 7.11 Å². The van der Waals surface area contributed by atoms with E-state index in [1.165, 1.54) is 19.2 Å². The molecule has 0 aliphatic rings. The zero-order chi connectivity index (χ0) is 15.2. The summed E-state index contributed by atoms with van der Waals surface area (Å²) in [6.07, 6.45) is 2.00. The van der Waals surface area contributed by atoms with Crippen LogP contribution in [0.4, 0.5) is 0 Å². The zero-order valence-electron chi connectivity index (χ0n) is 11.8. The largest absolute Gasteiger partial charge is 0.507 e. The molecule has 2 rings (SSSR count). The first-order valence-corrected chi connectivity index (χ1v) is 7.53. The van der Waals surface area contributed by atoms with Gasteiger partial charge in [0.1, 0.15) is 23.7 Å². The molecule has 0 fully saturated rings. The lowest BCUT2D eigenvalue weighted by Gasteiger charge is -2.08. The highest BCUT2D eigenvalue weighted by Crippen LogP contribution is 2.24. The molecular weight excluding hydrogens is 288 g/mol. The number of carbonyl (C=O) groups is 1. The highest BCUT2D eigenvalue weighted by atomic mass is 32.2. The number of rotatable bonds is 5. The van der Waals surface area contributed by atoms with Crippen molar-refractivity contribution in [2.75, 3.05) is 13.4 Å². The second-order valence-electron chi connectivity index (χ2n) is 4.31. The number of hydrogen-bond donors (Lipinski definition) is 1. The van der Waals surface area contributed by atoms with E-state index in [1.807, 2.05) is 30.5 Å². The minimum atomic E-state index is -0.566. The van der Waals surface area contributed by atoms with Gasteiger partial charge in [-0.25, -0.2) is 4.79 Å². The number of ether oxygens (including phenoxy) is 2. The van der Waals surface area contributed by atoms with E-state index in [0.717, 1.165) is 10.5 Å². The number of carbonyl (C=O) groups excluding carboxylic acids is 1. The van der Waals surface area contributed by atoms with Crippen LogP contribution in [0.1, 0.15) is 15.9 Å². The summed E-state index contributed by atoms with van der Waals surface area (Å²) in [7, 11) is 1.49. The van der Waals surface area contributed by atoms with Crippen LogP contribution in [0.3, 0.4) is 0 Å². The SMILES string of the molecule is COc1ccc(C(=O)OCc2ccc(SC)cc2)c(O)c1. The van der Waals surface area contributed by atoms with Gasteiger partial charge in [0.2, 0.25) is 0 Å². The maximum atomic E-state index is 11.9. The molecule has 0 spiro atoms. The van der Waals surface area contributed by atoms with Gasteiger partial charge in [-0.1, -0.05) is 12.1 Å². The van der Waals surface area contributed by atoms with Crippen LogP contribution in [-0.4, -0.2) is 24.4 Å². The lowest BCUT2D eigenvalue weighted by Crippen LogP contribution is -2.05. The summed E-state index contributed by atoms with van der Waals surface area (Å²) in [5.41, 5.74) is 1.02. The molecule has 110 valence electrons. The van der Waals surface area contributed by atoms with E-state index in [0.29, 0.717) is 5.75 Å². The second-order valence-corrected chi connectivity index (χ2v) is 5.19. The Hall–Kier alpha value is -2.14. The van der Waals surface area contributed by atoms with E-state index in [9.17, 15) is 9.90 Å². The summed E-state index contributed by atoms with van der Waals surface area (Å²) in [4.78, 5) is 13.1. The Kier molecular flexibility index (Phi) is 5.11. The van der Waals surface area contributed by atoms with Crippen molar-refractivity contribution in [3.05, 3.63) is 53.6 Å². The first-order chi connectivity index (χ1) is 10.1. The Morgan fingerprint density at radius 1 is 1.19 bits per heavy atom. The molecule has 0 aromatic heterocycles. The minimum absolute atomic E-state index is 0.122. The fraction of sp³-hybridized carbons (Fsp3) is 0.188. The first-order valence-electron chi connectivity index (χ1n) is 6.31. The second kappa shape index (κ2) is 7.04. The average molecular weight is 304 g/mol. The van der Waals surface area contributed by atoms with Crippen molar-refractivity contribution < 1.29 is 19.4 Å². The predicted octanol–water partition coefficient (Wildman–Crippen LogP) is 3.48. The Labute approximate surface area is 127 Å². The van der Waals surface area contributed by atoms with Crippen LogP contribution in [0, 0.1) is 0 Å². The lowest BCUT2D eigenvalue weighted by molar-refractivity contribution is 0.0469. The molecule has 0 bridgehead atoms. The first kappa shape index (κ1) is 15.3. The summed E-state index contributed by atoms with van der Waals surface area (Å²) in [5.74, 6) is -0.238. The molecule has 0 atom stereocenters. The third-order valence-electron chi connectivity index (χ3n) is 2.95. The van der Waals surface area contributed by atoms with Gasteiger partial charge >= 0.3 is 5.97 Å². The quantitative estimate of drug-likeness (QED) is 0.677. The van der Waals surface area contributed by atoms with Gasteiger partial charge in [0.15, 0.2) is 0 Å². The number of phenols is 1. The summed E-state index contributed by atoms with van der Waals surface area (Å²) in [6, 6.07) is 12.2. The molecule has 1 N–H and O–H groups in total. The molecule has 0 aliphatic heterocycles. The van der Waals surface area contributed by atoms with Crippen LogP contribution < -0.4 is 4.74 Å². The fourth-order valence-electron chi connectivity index (χ4n) is 1.76. The normalized spacial score (nSPS) is 10.2. The molecule has 0 saturated carbocycles. The van der Waals surface area contributed by atoms with Crippen LogP contribution in [0.5, 0.6) is 11.5 Å². The molecule has 2 aromatic carbocycles. The topological polar surface area (TPSA) is 55.8 Å². The predicted molar refractivity (Wildman–Crippen MR) is 82.0 cm³/mol.